The molecule has 0 aliphatic carbocycles. The van der Waals surface area contributed by atoms with E-state index >= 15 is 0 Å². The summed E-state index contributed by atoms with van der Waals surface area (Å²) in [4.78, 5) is 16.5. The van der Waals surface area contributed by atoms with Crippen molar-refractivity contribution in [2.45, 2.75) is 0 Å². The number of halogens is 1. The summed E-state index contributed by atoms with van der Waals surface area (Å²) in [7, 11) is 3.06. The molecule has 0 aliphatic rings. The minimum Gasteiger partial charge on any atom is -0.497 e. The van der Waals surface area contributed by atoms with Gasteiger partial charge in [0.15, 0.2) is 0 Å². The van der Waals surface area contributed by atoms with Gasteiger partial charge in [-0.05, 0) is 36.4 Å². The molecule has 0 aliphatic heterocycles. The lowest BCUT2D eigenvalue weighted by atomic mass is 10.2. The molecule has 2 aromatic carbocycles. The maximum atomic E-state index is 13.7. The Bertz CT molecular complexity index is 945. The fourth-order valence-electron chi connectivity index (χ4n) is 2.41. The van der Waals surface area contributed by atoms with E-state index in [2.05, 4.69) is 15.6 Å². The Hall–Kier alpha value is -3.61. The van der Waals surface area contributed by atoms with Crippen LogP contribution in [-0.2, 0) is 0 Å². The molecule has 1 amide bonds. The van der Waals surface area contributed by atoms with Crippen molar-refractivity contribution in [2.24, 2.45) is 0 Å². The summed E-state index contributed by atoms with van der Waals surface area (Å²) >= 11 is 0. The van der Waals surface area contributed by atoms with E-state index in [0.29, 0.717) is 28.6 Å². The molecule has 1 heterocycles. The van der Waals surface area contributed by atoms with E-state index in [0.717, 1.165) is 0 Å². The third kappa shape index (κ3) is 4.33. The summed E-state index contributed by atoms with van der Waals surface area (Å²) in [6.07, 6.45) is 1.46. The van der Waals surface area contributed by atoms with E-state index in [9.17, 15) is 9.18 Å². The van der Waals surface area contributed by atoms with Gasteiger partial charge in [-0.1, -0.05) is 12.1 Å². The summed E-state index contributed by atoms with van der Waals surface area (Å²) in [5.41, 5.74) is 1.61. The van der Waals surface area contributed by atoms with Crippen molar-refractivity contribution in [3.05, 3.63) is 72.3 Å². The largest absolute Gasteiger partial charge is 0.497 e. The van der Waals surface area contributed by atoms with Gasteiger partial charge in [-0.3, -0.25) is 4.79 Å². The summed E-state index contributed by atoms with van der Waals surface area (Å²) in [5.74, 6) is 0.328. The van der Waals surface area contributed by atoms with Crippen LogP contribution in [-0.4, -0.2) is 25.1 Å². The number of hydrogen-bond acceptors (Lipinski definition) is 5. The Balaban J connectivity index is 1.72. The predicted octanol–water partition coefficient (Wildman–Crippen LogP) is 4.23. The Morgan fingerprint density at radius 2 is 1.81 bits per heavy atom. The maximum Gasteiger partial charge on any atom is 0.274 e. The molecular formula is C20H18FN3O3. The highest BCUT2D eigenvalue weighted by Gasteiger charge is 2.12. The third-order valence-electron chi connectivity index (χ3n) is 3.81. The number of anilines is 3. The van der Waals surface area contributed by atoms with Gasteiger partial charge in [0.05, 0.1) is 37.5 Å². The zero-order chi connectivity index (χ0) is 19.2. The molecule has 3 rings (SSSR count). The first-order chi connectivity index (χ1) is 13.1. The van der Waals surface area contributed by atoms with Gasteiger partial charge in [-0.2, -0.15) is 0 Å². The molecule has 0 bridgehead atoms. The number of rotatable bonds is 6. The average molecular weight is 367 g/mol. The van der Waals surface area contributed by atoms with Gasteiger partial charge in [0, 0.05) is 6.07 Å². The Kier molecular flexibility index (Phi) is 5.51. The molecule has 138 valence electrons. The minimum atomic E-state index is -0.393. The number of carbonyl (C=O) groups excluding carboxylic acids is 1. The van der Waals surface area contributed by atoms with Gasteiger partial charge < -0.3 is 20.1 Å². The number of aromatic nitrogens is 1. The maximum absolute atomic E-state index is 13.7. The van der Waals surface area contributed by atoms with Gasteiger partial charge in [0.1, 0.15) is 23.0 Å². The van der Waals surface area contributed by atoms with Gasteiger partial charge in [-0.25, -0.2) is 9.37 Å². The molecule has 0 atom stereocenters. The average Bonchev–Trinajstić information content (AvgIpc) is 2.70. The minimum absolute atomic E-state index is 0.215. The number of ether oxygens (including phenoxy) is 2. The Morgan fingerprint density at radius 1 is 1.00 bits per heavy atom. The van der Waals surface area contributed by atoms with Crippen molar-refractivity contribution < 1.29 is 18.7 Å². The standard InChI is InChI=1S/C20H18FN3O3/c1-26-14-8-10-17(19(11-14)27-2)24-20(25)18-9-7-13(12-22-18)23-16-6-4-3-5-15(16)21/h3-12,23H,1-2H3,(H,24,25). The monoisotopic (exact) mass is 367 g/mol. The van der Waals surface area contributed by atoms with Gasteiger partial charge >= 0.3 is 0 Å². The van der Waals surface area contributed by atoms with Crippen LogP contribution < -0.4 is 20.1 Å². The lowest BCUT2D eigenvalue weighted by molar-refractivity contribution is 0.102. The second-order valence-corrected chi connectivity index (χ2v) is 5.56. The van der Waals surface area contributed by atoms with Crippen LogP contribution in [0.25, 0.3) is 0 Å². The van der Waals surface area contributed by atoms with Crippen molar-refractivity contribution in [2.75, 3.05) is 24.9 Å². The zero-order valence-corrected chi connectivity index (χ0v) is 14.8. The molecule has 2 N–H and O–H groups in total. The summed E-state index contributed by atoms with van der Waals surface area (Å²) < 4.78 is 24.1. The first-order valence-electron chi connectivity index (χ1n) is 8.11. The van der Waals surface area contributed by atoms with Crippen molar-refractivity contribution >= 4 is 23.0 Å². The fraction of sp³-hybridized carbons (Fsp3) is 0.100. The molecule has 0 saturated carbocycles. The van der Waals surface area contributed by atoms with Crippen LogP contribution in [0.15, 0.2) is 60.8 Å². The van der Waals surface area contributed by atoms with Crippen LogP contribution in [0.5, 0.6) is 11.5 Å². The number of hydrogen-bond donors (Lipinski definition) is 2. The molecule has 7 heteroatoms. The van der Waals surface area contributed by atoms with Crippen LogP contribution in [0.1, 0.15) is 10.5 Å². The summed E-state index contributed by atoms with van der Waals surface area (Å²) in [5, 5.41) is 5.66. The van der Waals surface area contributed by atoms with E-state index in [1.165, 1.54) is 19.4 Å². The second kappa shape index (κ2) is 8.18. The normalized spacial score (nSPS) is 10.2. The third-order valence-corrected chi connectivity index (χ3v) is 3.81. The number of amides is 1. The second-order valence-electron chi connectivity index (χ2n) is 5.56. The van der Waals surface area contributed by atoms with Crippen molar-refractivity contribution in [1.29, 1.82) is 0 Å². The molecule has 27 heavy (non-hydrogen) atoms. The molecule has 0 spiro atoms. The van der Waals surface area contributed by atoms with Gasteiger partial charge in [0.2, 0.25) is 0 Å². The summed E-state index contributed by atoms with van der Waals surface area (Å²) in [6.45, 7) is 0. The van der Waals surface area contributed by atoms with Crippen molar-refractivity contribution in [1.82, 2.24) is 4.98 Å². The molecule has 0 fully saturated rings. The van der Waals surface area contributed by atoms with Gasteiger partial charge in [-0.15, -0.1) is 0 Å². The molecule has 3 aromatic rings. The van der Waals surface area contributed by atoms with E-state index in [4.69, 9.17) is 9.47 Å². The van der Waals surface area contributed by atoms with E-state index in [-0.39, 0.29) is 11.5 Å². The number of nitrogens with one attached hydrogen (secondary N) is 2. The van der Waals surface area contributed by atoms with Crippen LogP contribution in [0.3, 0.4) is 0 Å². The molecule has 0 radical (unpaired) electrons. The number of carbonyl (C=O) groups is 1. The fourth-order valence-corrected chi connectivity index (χ4v) is 2.41. The lowest BCUT2D eigenvalue weighted by Crippen LogP contribution is -2.14. The SMILES string of the molecule is COc1ccc(NC(=O)c2ccc(Nc3ccccc3F)cn2)c(OC)c1. The van der Waals surface area contributed by atoms with E-state index in [1.807, 2.05) is 0 Å². The predicted molar refractivity (Wildman–Crippen MR) is 101 cm³/mol. The molecule has 6 nitrogen and oxygen atoms in total. The Labute approximate surface area is 156 Å². The van der Waals surface area contributed by atoms with Crippen LogP contribution in [0.4, 0.5) is 21.5 Å². The number of para-hydroxylation sites is 1. The number of nitrogens with zero attached hydrogens (tertiary/aromatic N) is 1. The smallest absolute Gasteiger partial charge is 0.274 e. The number of benzene rings is 2. The topological polar surface area (TPSA) is 72.5 Å². The molecular weight excluding hydrogens is 349 g/mol. The molecule has 1 aromatic heterocycles. The van der Waals surface area contributed by atoms with Crippen molar-refractivity contribution in [3.63, 3.8) is 0 Å². The highest BCUT2D eigenvalue weighted by molar-refractivity contribution is 6.03. The van der Waals surface area contributed by atoms with Crippen LogP contribution in [0, 0.1) is 5.82 Å². The van der Waals surface area contributed by atoms with E-state index < -0.39 is 5.91 Å². The van der Waals surface area contributed by atoms with Gasteiger partial charge in [0.25, 0.3) is 5.91 Å². The first kappa shape index (κ1) is 18.2. The zero-order valence-electron chi connectivity index (χ0n) is 14.8. The lowest BCUT2D eigenvalue weighted by Gasteiger charge is -2.12. The van der Waals surface area contributed by atoms with Crippen LogP contribution in [0.2, 0.25) is 0 Å². The van der Waals surface area contributed by atoms with E-state index in [1.54, 1.807) is 55.6 Å². The highest BCUT2D eigenvalue weighted by Crippen LogP contribution is 2.29. The molecule has 0 unspecified atom stereocenters. The van der Waals surface area contributed by atoms with Crippen LogP contribution >= 0.6 is 0 Å². The number of pyridine rings is 1. The molecule has 0 saturated heterocycles. The quantitative estimate of drug-likeness (QED) is 0.682. The summed E-state index contributed by atoms with van der Waals surface area (Å²) in [6, 6.07) is 14.6. The highest BCUT2D eigenvalue weighted by atomic mass is 19.1. The van der Waals surface area contributed by atoms with Crippen molar-refractivity contribution in [3.8, 4) is 11.5 Å². The first-order valence-corrected chi connectivity index (χ1v) is 8.11. The Morgan fingerprint density at radius 3 is 2.48 bits per heavy atom. The number of methoxy groups -OCH3 is 2.